The maximum atomic E-state index is 13.3. The fourth-order valence-electron chi connectivity index (χ4n) is 3.13. The van der Waals surface area contributed by atoms with Gasteiger partial charge in [-0.05, 0) is 49.5 Å². The molecule has 0 bridgehead atoms. The quantitative estimate of drug-likeness (QED) is 0.789. The van der Waals surface area contributed by atoms with Gasteiger partial charge in [-0.1, -0.05) is 0 Å². The van der Waals surface area contributed by atoms with Crippen molar-refractivity contribution in [3.63, 3.8) is 0 Å². The van der Waals surface area contributed by atoms with E-state index in [9.17, 15) is 9.18 Å². The molecule has 1 aliphatic carbocycles. The Kier molecular flexibility index (Phi) is 2.81. The molecule has 1 N–H and O–H groups in total. The summed E-state index contributed by atoms with van der Waals surface area (Å²) in [6.07, 6.45) is 5.78. The van der Waals surface area contributed by atoms with Crippen molar-refractivity contribution in [2.75, 3.05) is 0 Å². The maximum absolute atomic E-state index is 13.3. The van der Waals surface area contributed by atoms with Gasteiger partial charge in [-0.25, -0.2) is 9.18 Å². The average molecular weight is 262 g/mol. The largest absolute Gasteiger partial charge is 0.486 e. The third-order valence-electron chi connectivity index (χ3n) is 3.94. The van der Waals surface area contributed by atoms with Gasteiger partial charge in [0.1, 0.15) is 17.2 Å². The lowest BCUT2D eigenvalue weighted by molar-refractivity contribution is -0.131. The topological polar surface area (TPSA) is 46.5 Å². The molecule has 0 atom stereocenters. The molecule has 3 rings (SSSR count). The first-order chi connectivity index (χ1) is 9.08. The molecule has 0 radical (unpaired) electrons. The molecule has 4 heteroatoms. The Morgan fingerprint density at radius 1 is 1.37 bits per heavy atom. The molecular weight excluding hydrogens is 247 g/mol. The number of benzene rings is 1. The first kappa shape index (κ1) is 12.2. The number of carboxylic acids is 1. The molecular formula is C15H15FO3. The van der Waals surface area contributed by atoms with E-state index in [1.54, 1.807) is 6.07 Å². The molecule has 0 aromatic heterocycles. The monoisotopic (exact) mass is 262 g/mol. The second kappa shape index (κ2) is 4.37. The Labute approximate surface area is 110 Å². The SMILES string of the molecule is O=C(O)/C=C1\CC2(CCCC2)Oc2ccc(F)cc21. The summed E-state index contributed by atoms with van der Waals surface area (Å²) in [6, 6.07) is 4.30. The first-order valence-corrected chi connectivity index (χ1v) is 6.50. The van der Waals surface area contributed by atoms with Crippen LogP contribution in [0.4, 0.5) is 4.39 Å². The van der Waals surface area contributed by atoms with Crippen LogP contribution in [0.15, 0.2) is 24.3 Å². The predicted octanol–water partition coefficient (Wildman–Crippen LogP) is 3.39. The molecule has 1 aromatic rings. The van der Waals surface area contributed by atoms with Crippen molar-refractivity contribution in [2.24, 2.45) is 0 Å². The molecule has 1 fully saturated rings. The van der Waals surface area contributed by atoms with Crippen molar-refractivity contribution >= 4 is 11.5 Å². The van der Waals surface area contributed by atoms with Gasteiger partial charge in [0.05, 0.1) is 0 Å². The minimum atomic E-state index is -1.000. The Morgan fingerprint density at radius 2 is 2.11 bits per heavy atom. The van der Waals surface area contributed by atoms with Gasteiger partial charge >= 0.3 is 5.97 Å². The highest BCUT2D eigenvalue weighted by molar-refractivity contribution is 5.91. The zero-order valence-corrected chi connectivity index (χ0v) is 10.5. The second-order valence-corrected chi connectivity index (χ2v) is 5.32. The number of ether oxygens (including phenoxy) is 1. The van der Waals surface area contributed by atoms with Crippen LogP contribution in [0.3, 0.4) is 0 Å². The number of hydrogen-bond donors (Lipinski definition) is 1. The molecule has 3 nitrogen and oxygen atoms in total. The Balaban J connectivity index is 2.08. The molecule has 0 unspecified atom stereocenters. The van der Waals surface area contributed by atoms with E-state index in [-0.39, 0.29) is 11.4 Å². The first-order valence-electron chi connectivity index (χ1n) is 6.50. The standard InChI is InChI=1S/C15H15FO3/c16-11-3-4-13-12(8-11)10(7-14(17)18)9-15(19-13)5-1-2-6-15/h3-4,7-8H,1-2,5-6,9H2,(H,17,18)/b10-7+. The zero-order chi connectivity index (χ0) is 13.5. The summed E-state index contributed by atoms with van der Waals surface area (Å²) < 4.78 is 19.4. The summed E-state index contributed by atoms with van der Waals surface area (Å²) in [5.41, 5.74) is 0.946. The van der Waals surface area contributed by atoms with Crippen LogP contribution in [0.2, 0.25) is 0 Å². The smallest absolute Gasteiger partial charge is 0.328 e. The minimum Gasteiger partial charge on any atom is -0.486 e. The third kappa shape index (κ3) is 2.23. The number of halogens is 1. The van der Waals surface area contributed by atoms with E-state index >= 15 is 0 Å². The van der Waals surface area contributed by atoms with E-state index in [0.29, 0.717) is 23.3 Å². The Hall–Kier alpha value is -1.84. The van der Waals surface area contributed by atoms with Crippen LogP contribution in [0.25, 0.3) is 5.57 Å². The number of fused-ring (bicyclic) bond motifs is 1. The van der Waals surface area contributed by atoms with E-state index in [0.717, 1.165) is 25.7 Å². The van der Waals surface area contributed by atoms with E-state index in [1.165, 1.54) is 18.2 Å². The van der Waals surface area contributed by atoms with E-state index in [4.69, 9.17) is 9.84 Å². The van der Waals surface area contributed by atoms with E-state index in [1.807, 2.05) is 0 Å². The van der Waals surface area contributed by atoms with Gasteiger partial charge in [-0.3, -0.25) is 0 Å². The van der Waals surface area contributed by atoms with Crippen molar-refractivity contribution in [3.8, 4) is 5.75 Å². The number of rotatable bonds is 1. The van der Waals surface area contributed by atoms with Crippen LogP contribution in [0.1, 0.15) is 37.7 Å². The van der Waals surface area contributed by atoms with Crippen molar-refractivity contribution in [1.82, 2.24) is 0 Å². The van der Waals surface area contributed by atoms with Gasteiger partial charge < -0.3 is 9.84 Å². The lowest BCUT2D eigenvalue weighted by atomic mass is 9.85. The van der Waals surface area contributed by atoms with Gasteiger partial charge in [0.25, 0.3) is 0 Å². The molecule has 0 amide bonds. The molecule has 1 spiro atoms. The Bertz CT molecular complexity index is 557. The van der Waals surface area contributed by atoms with Crippen molar-refractivity contribution in [2.45, 2.75) is 37.7 Å². The van der Waals surface area contributed by atoms with E-state index in [2.05, 4.69) is 0 Å². The lowest BCUT2D eigenvalue weighted by Gasteiger charge is -2.37. The normalized spacial score (nSPS) is 22.3. The summed E-state index contributed by atoms with van der Waals surface area (Å²) in [4.78, 5) is 11.0. The molecule has 1 aromatic carbocycles. The maximum Gasteiger partial charge on any atom is 0.328 e. The minimum absolute atomic E-state index is 0.286. The molecule has 1 heterocycles. The predicted molar refractivity (Wildman–Crippen MR) is 68.5 cm³/mol. The molecule has 19 heavy (non-hydrogen) atoms. The molecule has 1 saturated carbocycles. The van der Waals surface area contributed by atoms with Crippen LogP contribution in [-0.4, -0.2) is 16.7 Å². The van der Waals surface area contributed by atoms with Crippen LogP contribution in [0.5, 0.6) is 5.75 Å². The average Bonchev–Trinajstić information content (AvgIpc) is 2.78. The summed E-state index contributed by atoms with van der Waals surface area (Å²) in [5.74, 6) is -0.775. The summed E-state index contributed by atoms with van der Waals surface area (Å²) in [6.45, 7) is 0. The van der Waals surface area contributed by atoms with Crippen LogP contribution < -0.4 is 4.74 Å². The van der Waals surface area contributed by atoms with Gasteiger partial charge in [-0.2, -0.15) is 0 Å². The number of hydrogen-bond acceptors (Lipinski definition) is 2. The molecule has 0 saturated heterocycles. The second-order valence-electron chi connectivity index (χ2n) is 5.32. The van der Waals surface area contributed by atoms with Gasteiger partial charge in [-0.15, -0.1) is 0 Å². The van der Waals surface area contributed by atoms with Crippen molar-refractivity contribution in [3.05, 3.63) is 35.7 Å². The highest BCUT2D eigenvalue weighted by atomic mass is 19.1. The molecule has 2 aliphatic rings. The lowest BCUT2D eigenvalue weighted by Crippen LogP contribution is -2.36. The molecule has 1 aliphatic heterocycles. The van der Waals surface area contributed by atoms with Crippen LogP contribution >= 0.6 is 0 Å². The molecule has 100 valence electrons. The van der Waals surface area contributed by atoms with Crippen molar-refractivity contribution in [1.29, 1.82) is 0 Å². The fourth-order valence-corrected chi connectivity index (χ4v) is 3.13. The number of carbonyl (C=O) groups is 1. The number of aliphatic carboxylic acids is 1. The highest BCUT2D eigenvalue weighted by Crippen LogP contribution is 2.47. The van der Waals surface area contributed by atoms with Gasteiger partial charge in [0.2, 0.25) is 0 Å². The summed E-state index contributed by atoms with van der Waals surface area (Å²) in [7, 11) is 0. The van der Waals surface area contributed by atoms with Gasteiger partial charge in [0.15, 0.2) is 0 Å². The van der Waals surface area contributed by atoms with E-state index < -0.39 is 5.97 Å². The highest BCUT2D eigenvalue weighted by Gasteiger charge is 2.41. The third-order valence-corrected chi connectivity index (χ3v) is 3.94. The van der Waals surface area contributed by atoms with Crippen LogP contribution in [0, 0.1) is 5.82 Å². The summed E-state index contributed by atoms with van der Waals surface area (Å²) >= 11 is 0. The van der Waals surface area contributed by atoms with Crippen LogP contribution in [-0.2, 0) is 4.79 Å². The fraction of sp³-hybridized carbons (Fsp3) is 0.400. The Morgan fingerprint density at radius 3 is 2.79 bits per heavy atom. The number of carboxylic acid groups (broad SMARTS) is 1. The van der Waals surface area contributed by atoms with Crippen molar-refractivity contribution < 1.29 is 19.0 Å². The summed E-state index contributed by atoms with van der Waals surface area (Å²) in [5, 5.41) is 8.98. The zero-order valence-electron chi connectivity index (χ0n) is 10.5. The van der Waals surface area contributed by atoms with Gasteiger partial charge in [0, 0.05) is 18.1 Å².